The fourth-order valence-electron chi connectivity index (χ4n) is 3.98. The fourth-order valence-corrected chi connectivity index (χ4v) is 3.98. The Morgan fingerprint density at radius 3 is 2.80 bits per heavy atom. The quantitative estimate of drug-likeness (QED) is 0.510. The van der Waals surface area contributed by atoms with Gasteiger partial charge in [0.2, 0.25) is 5.91 Å². The Hall–Kier alpha value is -4.01. The van der Waals surface area contributed by atoms with Gasteiger partial charge in [0, 0.05) is 24.7 Å². The van der Waals surface area contributed by atoms with Crippen molar-refractivity contribution in [1.29, 1.82) is 0 Å². The Labute approximate surface area is 171 Å². The second-order valence-electron chi connectivity index (χ2n) is 7.40. The Morgan fingerprint density at radius 2 is 2.03 bits per heavy atom. The molecule has 0 radical (unpaired) electrons. The van der Waals surface area contributed by atoms with Gasteiger partial charge in [0.15, 0.2) is 0 Å². The van der Waals surface area contributed by atoms with Crippen LogP contribution in [0.4, 0.5) is 11.4 Å². The zero-order valence-corrected chi connectivity index (χ0v) is 16.2. The summed E-state index contributed by atoms with van der Waals surface area (Å²) in [5.41, 5.74) is 3.63. The normalized spacial score (nSPS) is 16.0. The summed E-state index contributed by atoms with van der Waals surface area (Å²) in [5.74, 6) is -0.983. The van der Waals surface area contributed by atoms with E-state index in [4.69, 9.17) is 0 Å². The van der Waals surface area contributed by atoms with Crippen LogP contribution in [0.25, 0.3) is 10.9 Å². The third-order valence-corrected chi connectivity index (χ3v) is 5.63. The van der Waals surface area contributed by atoms with E-state index in [1.54, 1.807) is 17.3 Å². The number of carbonyl (C=O) groups excluding carboxylic acids is 3. The highest BCUT2D eigenvalue weighted by molar-refractivity contribution is 6.24. The number of aromatic nitrogens is 3. The molecule has 30 heavy (non-hydrogen) atoms. The largest absolute Gasteiger partial charge is 0.353 e. The van der Waals surface area contributed by atoms with Crippen LogP contribution in [0.15, 0.2) is 43.4 Å². The van der Waals surface area contributed by atoms with Crippen molar-refractivity contribution in [2.24, 2.45) is 0 Å². The van der Waals surface area contributed by atoms with Crippen LogP contribution in [0.1, 0.15) is 26.3 Å². The molecule has 5 rings (SSSR count). The minimum atomic E-state index is -0.389. The molecule has 0 unspecified atom stereocenters. The van der Waals surface area contributed by atoms with Gasteiger partial charge < -0.3 is 10.2 Å². The summed E-state index contributed by atoms with van der Waals surface area (Å²) in [5, 5.41) is 11.2. The number of nitrogens with one attached hydrogen (secondary N) is 2. The molecule has 0 aliphatic carbocycles. The monoisotopic (exact) mass is 402 g/mol. The van der Waals surface area contributed by atoms with E-state index in [1.165, 1.54) is 17.2 Å². The van der Waals surface area contributed by atoms with Crippen LogP contribution >= 0.6 is 0 Å². The lowest BCUT2D eigenvalue weighted by atomic mass is 10.1. The van der Waals surface area contributed by atoms with Crippen LogP contribution in [0.2, 0.25) is 0 Å². The number of likely N-dealkylation sites (tertiary alicyclic amines) is 1. The molecule has 2 aliphatic heterocycles. The summed E-state index contributed by atoms with van der Waals surface area (Å²) < 4.78 is 0. The van der Waals surface area contributed by atoms with E-state index in [0.29, 0.717) is 24.3 Å². The molecule has 0 atom stereocenters. The zero-order valence-electron chi connectivity index (χ0n) is 16.2. The van der Waals surface area contributed by atoms with Crippen molar-refractivity contribution in [3.63, 3.8) is 0 Å². The number of aryl methyl sites for hydroxylation is 1. The van der Waals surface area contributed by atoms with Gasteiger partial charge in [-0.25, -0.2) is 0 Å². The van der Waals surface area contributed by atoms with Gasteiger partial charge in [-0.05, 0) is 24.6 Å². The number of benzene rings is 1. The number of H-pyrrole nitrogens is 1. The highest BCUT2D eigenvalue weighted by Gasteiger charge is 2.46. The van der Waals surface area contributed by atoms with E-state index in [9.17, 15) is 14.4 Å². The van der Waals surface area contributed by atoms with Gasteiger partial charge in [-0.1, -0.05) is 12.6 Å². The highest BCUT2D eigenvalue weighted by atomic mass is 16.2. The molecular formula is C21H18N6O3. The van der Waals surface area contributed by atoms with Crippen LogP contribution in [0, 0.1) is 6.92 Å². The van der Waals surface area contributed by atoms with Crippen molar-refractivity contribution in [1.82, 2.24) is 25.0 Å². The Kier molecular flexibility index (Phi) is 3.92. The average Bonchev–Trinajstić information content (AvgIpc) is 3.28. The Bertz CT molecular complexity index is 1240. The number of carbonyl (C=O) groups is 3. The van der Waals surface area contributed by atoms with Crippen LogP contribution in [-0.4, -0.2) is 61.8 Å². The number of rotatable bonds is 4. The number of pyridine rings is 1. The molecule has 9 heteroatoms. The van der Waals surface area contributed by atoms with Crippen molar-refractivity contribution < 1.29 is 14.4 Å². The molecule has 0 spiro atoms. The lowest BCUT2D eigenvalue weighted by Gasteiger charge is -2.42. The van der Waals surface area contributed by atoms with Crippen LogP contribution in [0.3, 0.4) is 0 Å². The molecule has 1 aromatic carbocycles. The number of hydrogen-bond acceptors (Lipinski definition) is 6. The molecule has 1 saturated heterocycles. The molecule has 9 nitrogen and oxygen atoms in total. The van der Waals surface area contributed by atoms with Crippen LogP contribution in [-0.2, 0) is 4.79 Å². The summed E-state index contributed by atoms with van der Waals surface area (Å²) in [6, 6.07) is 3.52. The van der Waals surface area contributed by atoms with Crippen molar-refractivity contribution in [2.75, 3.05) is 18.4 Å². The molecule has 150 valence electrons. The molecular weight excluding hydrogens is 384 g/mol. The van der Waals surface area contributed by atoms with Gasteiger partial charge in [0.1, 0.15) is 0 Å². The number of anilines is 2. The van der Waals surface area contributed by atoms with Crippen molar-refractivity contribution in [3.8, 4) is 0 Å². The molecule has 2 aromatic heterocycles. The van der Waals surface area contributed by atoms with Crippen molar-refractivity contribution in [2.45, 2.75) is 13.0 Å². The van der Waals surface area contributed by atoms with Gasteiger partial charge in [0.25, 0.3) is 11.8 Å². The molecule has 4 heterocycles. The van der Waals surface area contributed by atoms with E-state index in [1.807, 2.05) is 19.1 Å². The second kappa shape index (κ2) is 6.51. The number of amides is 3. The fraction of sp³-hybridized carbons (Fsp3) is 0.190. The minimum Gasteiger partial charge on any atom is -0.353 e. The lowest BCUT2D eigenvalue weighted by molar-refractivity contribution is -0.132. The predicted octanol–water partition coefficient (Wildman–Crippen LogP) is 2.00. The van der Waals surface area contributed by atoms with Gasteiger partial charge in [-0.3, -0.25) is 29.4 Å². The topological polar surface area (TPSA) is 111 Å². The first kappa shape index (κ1) is 18.0. The van der Waals surface area contributed by atoms with E-state index in [-0.39, 0.29) is 29.3 Å². The van der Waals surface area contributed by atoms with Crippen LogP contribution < -0.4 is 5.32 Å². The van der Waals surface area contributed by atoms with Gasteiger partial charge >= 0.3 is 0 Å². The number of imide groups is 1. The van der Waals surface area contributed by atoms with E-state index >= 15 is 0 Å². The maximum Gasteiger partial charge on any atom is 0.264 e. The summed E-state index contributed by atoms with van der Waals surface area (Å²) in [4.78, 5) is 44.8. The van der Waals surface area contributed by atoms with Gasteiger partial charge in [0.05, 0.1) is 46.5 Å². The Morgan fingerprint density at radius 1 is 1.23 bits per heavy atom. The highest BCUT2D eigenvalue weighted by Crippen LogP contribution is 2.35. The second-order valence-corrected chi connectivity index (χ2v) is 7.40. The molecule has 0 bridgehead atoms. The number of aromatic amines is 1. The maximum atomic E-state index is 13.2. The standard InChI is InChI=1S/C21H18N6O3/c1-3-17(28)26-9-12(10-26)27-20(29)14-6-22-8-16(18(14)21(27)30)24-19-11(2)4-5-15-13(19)7-23-25-15/h3-8,12,24H,1,9-10H2,2H3,(H,23,25). The smallest absolute Gasteiger partial charge is 0.264 e. The third kappa shape index (κ3) is 2.52. The zero-order chi connectivity index (χ0) is 21.0. The minimum absolute atomic E-state index is 0.212. The first-order valence-electron chi connectivity index (χ1n) is 9.46. The molecule has 1 fully saturated rings. The first-order valence-corrected chi connectivity index (χ1v) is 9.46. The van der Waals surface area contributed by atoms with Gasteiger partial charge in [-0.15, -0.1) is 0 Å². The Balaban J connectivity index is 1.48. The molecule has 3 amide bonds. The van der Waals surface area contributed by atoms with E-state index in [2.05, 4.69) is 27.1 Å². The third-order valence-electron chi connectivity index (χ3n) is 5.63. The number of fused-ring (bicyclic) bond motifs is 2. The summed E-state index contributed by atoms with van der Waals surface area (Å²) in [6.07, 6.45) is 5.89. The van der Waals surface area contributed by atoms with E-state index in [0.717, 1.165) is 22.2 Å². The molecule has 3 aromatic rings. The molecule has 2 aliphatic rings. The maximum absolute atomic E-state index is 13.2. The summed E-state index contributed by atoms with van der Waals surface area (Å²) in [6.45, 7) is 6.02. The SMILES string of the molecule is C=CC(=O)N1CC(N2C(=O)c3cncc(Nc4c(C)ccc5[nH]ncc45)c3C2=O)C1. The van der Waals surface area contributed by atoms with Crippen LogP contribution in [0.5, 0.6) is 0 Å². The first-order chi connectivity index (χ1) is 14.5. The van der Waals surface area contributed by atoms with Gasteiger partial charge in [-0.2, -0.15) is 5.10 Å². The number of hydrogen-bond donors (Lipinski definition) is 2. The summed E-state index contributed by atoms with van der Waals surface area (Å²) in [7, 11) is 0. The van der Waals surface area contributed by atoms with Crippen molar-refractivity contribution in [3.05, 3.63) is 60.1 Å². The average molecular weight is 402 g/mol. The van der Waals surface area contributed by atoms with Crippen molar-refractivity contribution >= 4 is 40.0 Å². The van der Waals surface area contributed by atoms with E-state index < -0.39 is 0 Å². The molecule has 0 saturated carbocycles. The number of nitrogens with zero attached hydrogens (tertiary/aromatic N) is 4. The lowest BCUT2D eigenvalue weighted by Crippen LogP contribution is -2.62. The predicted molar refractivity (Wildman–Crippen MR) is 109 cm³/mol. The summed E-state index contributed by atoms with van der Waals surface area (Å²) >= 11 is 0. The molecule has 2 N–H and O–H groups in total.